The Bertz CT molecular complexity index is 463. The normalized spacial score (nSPS) is 11.3. The number of nitrogen functional groups attached to an aromatic ring is 1. The smallest absolute Gasteiger partial charge is 0.298 e. The lowest BCUT2D eigenvalue weighted by Crippen LogP contribution is -2.09. The molecule has 1 rings (SSSR count). The molecule has 0 aliphatic rings. The van der Waals surface area contributed by atoms with E-state index >= 15 is 0 Å². The summed E-state index contributed by atoms with van der Waals surface area (Å²) in [5.41, 5.74) is 6.53. The van der Waals surface area contributed by atoms with Crippen molar-refractivity contribution in [2.75, 3.05) is 5.73 Å². The Labute approximate surface area is 101 Å². The molecule has 0 fully saturated rings. The summed E-state index contributed by atoms with van der Waals surface area (Å²) in [5.74, 6) is 0.154. The molecule has 1 aromatic heterocycles. The summed E-state index contributed by atoms with van der Waals surface area (Å²) in [5, 5.41) is 0. The highest BCUT2D eigenvalue weighted by Crippen LogP contribution is 2.24. The van der Waals surface area contributed by atoms with Crippen LogP contribution in [0.3, 0.4) is 0 Å². The Morgan fingerprint density at radius 3 is 2.25 bits per heavy atom. The van der Waals surface area contributed by atoms with Crippen molar-refractivity contribution in [2.24, 2.45) is 0 Å². The molecule has 0 saturated heterocycles. The van der Waals surface area contributed by atoms with E-state index in [9.17, 15) is 8.42 Å². The van der Waals surface area contributed by atoms with Crippen molar-refractivity contribution in [3.8, 4) is 0 Å². The standard InChI is InChI=1S/C9H14N2O3S.ClH/c1-5(2)8-4-7(10)9(6(3)11-8)15(12,13)14;/h4-5H,1-3H3,(H2,10,11)(H,12,13,14);1H. The Balaban J connectivity index is 0.00000225. The first-order valence-electron chi connectivity index (χ1n) is 4.48. The van der Waals surface area contributed by atoms with Crippen LogP contribution in [0.2, 0.25) is 0 Å². The molecule has 0 saturated carbocycles. The van der Waals surface area contributed by atoms with Gasteiger partial charge in [0.1, 0.15) is 4.90 Å². The van der Waals surface area contributed by atoms with Crippen molar-refractivity contribution in [1.82, 2.24) is 4.98 Å². The molecule has 0 atom stereocenters. The van der Waals surface area contributed by atoms with Crippen LogP contribution in [0.4, 0.5) is 5.69 Å². The third kappa shape index (κ3) is 3.07. The van der Waals surface area contributed by atoms with Gasteiger partial charge >= 0.3 is 0 Å². The maximum atomic E-state index is 11.0. The highest BCUT2D eigenvalue weighted by atomic mass is 35.5. The number of aromatic nitrogens is 1. The van der Waals surface area contributed by atoms with Gasteiger partial charge in [0, 0.05) is 5.69 Å². The van der Waals surface area contributed by atoms with E-state index in [1.54, 1.807) is 0 Å². The van der Waals surface area contributed by atoms with Crippen LogP contribution >= 0.6 is 12.4 Å². The lowest BCUT2D eigenvalue weighted by Gasteiger charge is -2.10. The van der Waals surface area contributed by atoms with Gasteiger partial charge in [0.25, 0.3) is 10.1 Å². The van der Waals surface area contributed by atoms with E-state index in [1.165, 1.54) is 13.0 Å². The summed E-state index contributed by atoms with van der Waals surface area (Å²) in [6.07, 6.45) is 0. The number of anilines is 1. The predicted octanol–water partition coefficient (Wildman–Crippen LogP) is 1.76. The molecule has 7 heteroatoms. The number of halogens is 1. The highest BCUT2D eigenvalue weighted by molar-refractivity contribution is 7.86. The second kappa shape index (κ2) is 4.99. The number of rotatable bonds is 2. The predicted molar refractivity (Wildman–Crippen MR) is 64.5 cm³/mol. The molecule has 0 radical (unpaired) electrons. The van der Waals surface area contributed by atoms with Gasteiger partial charge in [-0.05, 0) is 18.9 Å². The topological polar surface area (TPSA) is 93.3 Å². The summed E-state index contributed by atoms with van der Waals surface area (Å²) in [4.78, 5) is 3.78. The van der Waals surface area contributed by atoms with Crippen LogP contribution in [0.15, 0.2) is 11.0 Å². The van der Waals surface area contributed by atoms with E-state index in [2.05, 4.69) is 4.98 Å². The Morgan fingerprint density at radius 2 is 1.94 bits per heavy atom. The molecule has 0 unspecified atom stereocenters. The zero-order chi connectivity index (χ0) is 11.8. The maximum Gasteiger partial charge on any atom is 0.298 e. The average molecular weight is 267 g/mol. The van der Waals surface area contributed by atoms with Crippen molar-refractivity contribution in [2.45, 2.75) is 31.6 Å². The first-order chi connectivity index (χ1) is 6.73. The molecule has 0 aromatic carbocycles. The molecule has 0 aliphatic heterocycles. The number of aryl methyl sites for hydroxylation is 1. The lowest BCUT2D eigenvalue weighted by molar-refractivity contribution is 0.482. The third-order valence-electron chi connectivity index (χ3n) is 2.04. The number of hydrogen-bond acceptors (Lipinski definition) is 4. The summed E-state index contributed by atoms with van der Waals surface area (Å²) in [6.45, 7) is 5.36. The van der Waals surface area contributed by atoms with Gasteiger partial charge in [-0.25, -0.2) is 0 Å². The second-order valence-electron chi connectivity index (χ2n) is 3.68. The zero-order valence-corrected chi connectivity index (χ0v) is 10.9. The highest BCUT2D eigenvalue weighted by Gasteiger charge is 2.19. The van der Waals surface area contributed by atoms with Gasteiger partial charge in [-0.1, -0.05) is 13.8 Å². The number of nitrogens with two attached hydrogens (primary N) is 1. The van der Waals surface area contributed by atoms with Gasteiger partial charge in [-0.2, -0.15) is 8.42 Å². The summed E-state index contributed by atoms with van der Waals surface area (Å²) in [6, 6.07) is 1.47. The average Bonchev–Trinajstić information content (AvgIpc) is 1.99. The van der Waals surface area contributed by atoms with Gasteiger partial charge in [-0.3, -0.25) is 9.54 Å². The Morgan fingerprint density at radius 1 is 1.44 bits per heavy atom. The van der Waals surface area contributed by atoms with Crippen molar-refractivity contribution in [3.63, 3.8) is 0 Å². The van der Waals surface area contributed by atoms with Gasteiger partial charge in [0.2, 0.25) is 0 Å². The van der Waals surface area contributed by atoms with Crippen molar-refractivity contribution in [1.29, 1.82) is 0 Å². The van der Waals surface area contributed by atoms with Gasteiger partial charge < -0.3 is 5.73 Å². The van der Waals surface area contributed by atoms with E-state index in [0.29, 0.717) is 5.69 Å². The lowest BCUT2D eigenvalue weighted by atomic mass is 10.1. The molecule has 0 aliphatic carbocycles. The fraction of sp³-hybridized carbons (Fsp3) is 0.444. The first kappa shape index (κ1) is 15.2. The number of hydrogen-bond donors (Lipinski definition) is 2. The van der Waals surface area contributed by atoms with E-state index in [0.717, 1.165) is 0 Å². The van der Waals surface area contributed by atoms with Crippen LogP contribution in [-0.4, -0.2) is 18.0 Å². The molecule has 3 N–H and O–H groups in total. The second-order valence-corrected chi connectivity index (χ2v) is 5.04. The van der Waals surface area contributed by atoms with Gasteiger partial charge in [-0.15, -0.1) is 12.4 Å². The molecule has 0 bridgehead atoms. The largest absolute Gasteiger partial charge is 0.397 e. The Hall–Kier alpha value is -0.850. The fourth-order valence-electron chi connectivity index (χ4n) is 1.34. The van der Waals surface area contributed by atoms with E-state index in [-0.39, 0.29) is 34.6 Å². The minimum absolute atomic E-state index is 0. The molecule has 1 aromatic rings. The van der Waals surface area contributed by atoms with Crippen LogP contribution in [0.1, 0.15) is 31.2 Å². The van der Waals surface area contributed by atoms with Crippen molar-refractivity contribution < 1.29 is 13.0 Å². The van der Waals surface area contributed by atoms with E-state index < -0.39 is 10.1 Å². The van der Waals surface area contributed by atoms with Crippen molar-refractivity contribution in [3.05, 3.63) is 17.5 Å². The van der Waals surface area contributed by atoms with Crippen LogP contribution in [0, 0.1) is 6.92 Å². The zero-order valence-electron chi connectivity index (χ0n) is 9.26. The molecule has 0 amide bonds. The molecular weight excluding hydrogens is 252 g/mol. The molecule has 1 heterocycles. The van der Waals surface area contributed by atoms with E-state index in [4.69, 9.17) is 10.3 Å². The van der Waals surface area contributed by atoms with Gasteiger partial charge in [0.15, 0.2) is 0 Å². The van der Waals surface area contributed by atoms with Crippen LogP contribution < -0.4 is 5.73 Å². The molecule has 16 heavy (non-hydrogen) atoms. The SMILES string of the molecule is Cc1nc(C(C)C)cc(N)c1S(=O)(=O)O.Cl. The molecule has 0 spiro atoms. The summed E-state index contributed by atoms with van der Waals surface area (Å²) in [7, 11) is -4.29. The van der Waals surface area contributed by atoms with Crippen LogP contribution in [0.25, 0.3) is 0 Å². The summed E-state index contributed by atoms with van der Waals surface area (Å²) < 4.78 is 30.9. The first-order valence-corrected chi connectivity index (χ1v) is 5.92. The van der Waals surface area contributed by atoms with E-state index in [1.807, 2.05) is 13.8 Å². The third-order valence-corrected chi connectivity index (χ3v) is 3.09. The maximum absolute atomic E-state index is 11.0. The molecule has 92 valence electrons. The molecular formula is C9H15ClN2O3S. The minimum atomic E-state index is -4.29. The quantitative estimate of drug-likeness (QED) is 0.796. The fourth-order valence-corrected chi connectivity index (χ4v) is 2.12. The van der Waals surface area contributed by atoms with Crippen LogP contribution in [-0.2, 0) is 10.1 Å². The number of nitrogens with zero attached hydrogens (tertiary/aromatic N) is 1. The van der Waals surface area contributed by atoms with Gasteiger partial charge in [0.05, 0.1) is 11.4 Å². The van der Waals surface area contributed by atoms with Crippen LogP contribution in [0.5, 0.6) is 0 Å². The van der Waals surface area contributed by atoms with Crippen molar-refractivity contribution >= 4 is 28.2 Å². The minimum Gasteiger partial charge on any atom is -0.397 e. The number of pyridine rings is 1. The monoisotopic (exact) mass is 266 g/mol. The summed E-state index contributed by atoms with van der Waals surface area (Å²) >= 11 is 0. The Kier molecular flexibility index (Phi) is 4.72. The molecule has 5 nitrogen and oxygen atoms in total.